The molecule has 0 saturated carbocycles. The van der Waals surface area contributed by atoms with Gasteiger partial charge in [0.25, 0.3) is 0 Å². The molecule has 5 rings (SSSR count). The number of anilines is 1. The number of carbonyl (C=O) groups is 1. The highest BCUT2D eigenvalue weighted by Gasteiger charge is 2.44. The molecular weight excluding hydrogens is 432 g/mol. The lowest BCUT2D eigenvalue weighted by Gasteiger charge is -2.17. The number of fused-ring (bicyclic) bond motifs is 2. The normalized spacial score (nSPS) is 23.8. The molecule has 1 aromatic carbocycles. The molecule has 0 bridgehead atoms. The van der Waals surface area contributed by atoms with Crippen molar-refractivity contribution in [3.8, 4) is 0 Å². The number of carboxylic acids is 1. The molecule has 2 unspecified atom stereocenters. The van der Waals surface area contributed by atoms with Gasteiger partial charge in [-0.2, -0.15) is 0 Å². The molecule has 5 atom stereocenters. The fourth-order valence-corrected chi connectivity index (χ4v) is 4.08. The molecule has 1 saturated heterocycles. The highest BCUT2D eigenvalue weighted by atomic mass is 16.6. The summed E-state index contributed by atoms with van der Waals surface area (Å²) in [7, 11) is 0. The van der Waals surface area contributed by atoms with Gasteiger partial charge in [0.05, 0.1) is 12.9 Å². The van der Waals surface area contributed by atoms with Gasteiger partial charge in [-0.15, -0.1) is 0 Å². The number of aliphatic hydroxyl groups excluding tert-OH is 3. The zero-order valence-corrected chi connectivity index (χ0v) is 17.2. The Morgan fingerprint density at radius 1 is 1.21 bits per heavy atom. The fourth-order valence-electron chi connectivity index (χ4n) is 4.08. The first-order valence-electron chi connectivity index (χ1n) is 10.3. The van der Waals surface area contributed by atoms with Crippen molar-refractivity contribution in [1.29, 1.82) is 0 Å². The van der Waals surface area contributed by atoms with Gasteiger partial charge in [-0.05, 0) is 17.5 Å². The number of hydrogen-bond acceptors (Lipinski definition) is 9. The van der Waals surface area contributed by atoms with Crippen LogP contribution in [0.5, 0.6) is 0 Å². The number of H-pyrrole nitrogens is 1. The highest BCUT2D eigenvalue weighted by molar-refractivity contribution is 5.86. The van der Waals surface area contributed by atoms with Crippen molar-refractivity contribution in [1.82, 2.24) is 24.5 Å². The van der Waals surface area contributed by atoms with Crippen LogP contribution in [0.4, 0.5) is 5.82 Å². The van der Waals surface area contributed by atoms with E-state index in [1.54, 1.807) is 0 Å². The number of nitrogens with zero attached hydrogens (tertiary/aromatic N) is 4. The summed E-state index contributed by atoms with van der Waals surface area (Å²) in [6.07, 6.45) is -1.78. The first-order chi connectivity index (χ1) is 16.0. The zero-order chi connectivity index (χ0) is 23.1. The number of aliphatic carboxylic acids is 1. The van der Waals surface area contributed by atoms with E-state index >= 15 is 0 Å². The highest BCUT2D eigenvalue weighted by Crippen LogP contribution is 2.32. The molecule has 0 amide bonds. The van der Waals surface area contributed by atoms with Crippen LogP contribution in [0.25, 0.3) is 22.1 Å². The maximum Gasteiger partial charge on any atom is 0.326 e. The van der Waals surface area contributed by atoms with E-state index in [0.717, 1.165) is 16.6 Å². The van der Waals surface area contributed by atoms with E-state index < -0.39 is 43.2 Å². The third-order valence-electron chi connectivity index (χ3n) is 5.77. The summed E-state index contributed by atoms with van der Waals surface area (Å²) >= 11 is 0. The van der Waals surface area contributed by atoms with Crippen LogP contribution in [0.1, 0.15) is 11.9 Å². The number of rotatable bonds is 7. The lowest BCUT2D eigenvalue weighted by atomic mass is 10.1. The maximum absolute atomic E-state index is 12.0. The van der Waals surface area contributed by atoms with Gasteiger partial charge >= 0.3 is 5.97 Å². The van der Waals surface area contributed by atoms with Crippen LogP contribution in [0, 0.1) is 0 Å². The summed E-state index contributed by atoms with van der Waals surface area (Å²) < 4.78 is 6.96. The van der Waals surface area contributed by atoms with E-state index in [4.69, 9.17) is 4.74 Å². The Hall–Kier alpha value is -3.58. The number of ether oxygens (including phenoxy) is 1. The number of aromatic amines is 1. The molecule has 172 valence electrons. The van der Waals surface area contributed by atoms with E-state index in [1.165, 1.54) is 17.2 Å². The first kappa shape index (κ1) is 21.3. The van der Waals surface area contributed by atoms with E-state index in [-0.39, 0.29) is 23.4 Å². The average molecular weight is 454 g/mol. The summed E-state index contributed by atoms with van der Waals surface area (Å²) in [6.45, 7) is -0.461. The van der Waals surface area contributed by atoms with Crippen molar-refractivity contribution in [2.75, 3.05) is 11.9 Å². The average Bonchev–Trinajstić information content (AvgIpc) is 3.49. The Labute approximate surface area is 186 Å². The lowest BCUT2D eigenvalue weighted by Crippen LogP contribution is -2.33. The van der Waals surface area contributed by atoms with Gasteiger partial charge < -0.3 is 35.5 Å². The third-order valence-corrected chi connectivity index (χ3v) is 5.77. The van der Waals surface area contributed by atoms with Crippen molar-refractivity contribution in [3.63, 3.8) is 0 Å². The molecule has 0 radical (unpaired) electrons. The van der Waals surface area contributed by atoms with Gasteiger partial charge in [0.2, 0.25) is 0 Å². The Kier molecular flexibility index (Phi) is 5.42. The predicted molar refractivity (Wildman–Crippen MR) is 115 cm³/mol. The number of hydrogen-bond donors (Lipinski definition) is 6. The molecule has 4 heterocycles. The van der Waals surface area contributed by atoms with E-state index in [2.05, 4.69) is 25.3 Å². The summed E-state index contributed by atoms with van der Waals surface area (Å²) in [5, 5.41) is 43.4. The number of aromatic nitrogens is 5. The number of imidazole rings is 1. The minimum Gasteiger partial charge on any atom is -0.480 e. The molecule has 3 aromatic heterocycles. The second-order valence-corrected chi connectivity index (χ2v) is 7.90. The molecule has 12 heteroatoms. The van der Waals surface area contributed by atoms with Gasteiger partial charge in [0, 0.05) is 17.6 Å². The molecule has 1 aliphatic rings. The minimum atomic E-state index is -1.31. The maximum atomic E-state index is 12.0. The van der Waals surface area contributed by atoms with E-state index in [1.807, 2.05) is 30.3 Å². The van der Waals surface area contributed by atoms with Crippen molar-refractivity contribution in [3.05, 3.63) is 48.7 Å². The molecule has 12 nitrogen and oxygen atoms in total. The third kappa shape index (κ3) is 3.78. The summed E-state index contributed by atoms with van der Waals surface area (Å²) in [6, 6.07) is 8.57. The molecule has 4 aromatic rings. The smallest absolute Gasteiger partial charge is 0.326 e. The second-order valence-electron chi connectivity index (χ2n) is 7.90. The van der Waals surface area contributed by atoms with Gasteiger partial charge in [-0.3, -0.25) is 4.57 Å². The van der Waals surface area contributed by atoms with Crippen LogP contribution >= 0.6 is 0 Å². The first-order valence-corrected chi connectivity index (χ1v) is 10.3. The SMILES string of the molecule is O=C(O)[C@@H](Cc1cc2ccccc2[nH]1)Nc1ncnc2c1ncn2[C@@H]1O[C@H](CO)C(O)C1O. The van der Waals surface area contributed by atoms with Crippen LogP contribution in [-0.4, -0.2) is 81.9 Å². The Bertz CT molecular complexity index is 1270. The number of nitrogens with one attached hydrogen (secondary N) is 2. The minimum absolute atomic E-state index is 0.172. The largest absolute Gasteiger partial charge is 0.480 e. The number of benzene rings is 1. The molecule has 0 aliphatic carbocycles. The number of para-hydroxylation sites is 1. The molecule has 6 N–H and O–H groups in total. The van der Waals surface area contributed by atoms with Crippen LogP contribution in [0.2, 0.25) is 0 Å². The summed E-state index contributed by atoms with van der Waals surface area (Å²) in [5.74, 6) is -0.864. The van der Waals surface area contributed by atoms with Crippen molar-refractivity contribution in [2.24, 2.45) is 0 Å². The summed E-state index contributed by atoms with van der Waals surface area (Å²) in [4.78, 5) is 27.8. The zero-order valence-electron chi connectivity index (χ0n) is 17.2. The Balaban J connectivity index is 1.42. The van der Waals surface area contributed by atoms with Crippen molar-refractivity contribution in [2.45, 2.75) is 37.0 Å². The van der Waals surface area contributed by atoms with E-state index in [0.29, 0.717) is 0 Å². The molecule has 0 spiro atoms. The Morgan fingerprint density at radius 2 is 2.03 bits per heavy atom. The number of aliphatic hydroxyl groups is 3. The number of carboxylic acid groups (broad SMARTS) is 1. The molecule has 1 aliphatic heterocycles. The monoisotopic (exact) mass is 454 g/mol. The van der Waals surface area contributed by atoms with Gasteiger partial charge in [0.1, 0.15) is 30.7 Å². The van der Waals surface area contributed by atoms with Gasteiger partial charge in [-0.25, -0.2) is 19.7 Å². The quantitative estimate of drug-likeness (QED) is 0.223. The predicted octanol–water partition coefficient (Wildman–Crippen LogP) is 0.0269. The van der Waals surface area contributed by atoms with Crippen LogP contribution < -0.4 is 5.32 Å². The summed E-state index contributed by atoms with van der Waals surface area (Å²) in [5.41, 5.74) is 2.21. The van der Waals surface area contributed by atoms with Crippen LogP contribution in [0.15, 0.2) is 43.0 Å². The lowest BCUT2D eigenvalue weighted by molar-refractivity contribution is -0.137. The van der Waals surface area contributed by atoms with E-state index in [9.17, 15) is 25.2 Å². The van der Waals surface area contributed by atoms with Crippen LogP contribution in [-0.2, 0) is 16.0 Å². The van der Waals surface area contributed by atoms with Crippen molar-refractivity contribution < 1.29 is 30.0 Å². The molecular formula is C21H22N6O6. The van der Waals surface area contributed by atoms with Crippen molar-refractivity contribution >= 4 is 33.9 Å². The molecule has 1 fully saturated rings. The Morgan fingerprint density at radius 3 is 2.76 bits per heavy atom. The van der Waals surface area contributed by atoms with Gasteiger partial charge in [0.15, 0.2) is 23.2 Å². The molecule has 33 heavy (non-hydrogen) atoms. The second kappa shape index (κ2) is 8.41. The topological polar surface area (TPSA) is 179 Å². The van der Waals surface area contributed by atoms with Crippen LogP contribution in [0.3, 0.4) is 0 Å². The van der Waals surface area contributed by atoms with Gasteiger partial charge in [-0.1, -0.05) is 18.2 Å². The standard InChI is InChI=1S/C21H22N6O6/c28-7-14-16(29)17(30)20(33-14)27-9-24-15-18(22-8-23-19(15)27)26-13(21(31)32)6-11-5-10-3-1-2-4-12(10)25-11/h1-5,8-9,13-14,16-17,20,25,28-30H,6-7H2,(H,31,32)(H,22,23,26)/t13-,14-,16?,17?,20-/m1/s1. The fraction of sp³-hybridized carbons (Fsp3) is 0.333.